The molecule has 0 unspecified atom stereocenters. The summed E-state index contributed by atoms with van der Waals surface area (Å²) in [6.45, 7) is 2.01. The monoisotopic (exact) mass is 366 g/mol. The Balaban J connectivity index is 1.80. The molecule has 0 fully saturated rings. The molecule has 2 aromatic rings. The van der Waals surface area contributed by atoms with Gasteiger partial charge in [-0.1, -0.05) is 36.4 Å². The summed E-state index contributed by atoms with van der Waals surface area (Å²) in [7, 11) is 0. The van der Waals surface area contributed by atoms with E-state index in [1.807, 2.05) is 31.2 Å². The van der Waals surface area contributed by atoms with Crippen LogP contribution in [0.2, 0.25) is 0 Å². The topological polar surface area (TPSA) is 41.5 Å². The number of nitrogens with one attached hydrogen (secondary N) is 1. The van der Waals surface area contributed by atoms with Crippen LogP contribution in [0.5, 0.6) is 0 Å². The minimum absolute atomic E-state index is 0.217. The number of hydrazone groups is 1. The Hall–Kier alpha value is -2.28. The Morgan fingerprint density at radius 3 is 2.68 bits per heavy atom. The van der Waals surface area contributed by atoms with E-state index in [0.717, 1.165) is 23.3 Å². The highest BCUT2D eigenvalue weighted by molar-refractivity contribution is 7.99. The summed E-state index contributed by atoms with van der Waals surface area (Å²) in [4.78, 5) is 11.7. The van der Waals surface area contributed by atoms with E-state index in [-0.39, 0.29) is 17.2 Å². The van der Waals surface area contributed by atoms with E-state index >= 15 is 0 Å². The largest absolute Gasteiger partial charge is 0.416 e. The average molecular weight is 366 g/mol. The second-order valence-electron chi connectivity index (χ2n) is 5.34. The van der Waals surface area contributed by atoms with E-state index in [4.69, 9.17) is 0 Å². The first-order valence-electron chi connectivity index (χ1n) is 7.47. The molecular formula is C18H17F3N2OS. The maximum Gasteiger partial charge on any atom is 0.416 e. The Bertz CT molecular complexity index is 760. The van der Waals surface area contributed by atoms with Crippen LogP contribution in [-0.2, 0) is 16.7 Å². The lowest BCUT2D eigenvalue weighted by atomic mass is 10.1. The van der Waals surface area contributed by atoms with Crippen LogP contribution in [0, 0.1) is 6.92 Å². The van der Waals surface area contributed by atoms with E-state index in [1.54, 1.807) is 0 Å². The zero-order valence-corrected chi connectivity index (χ0v) is 14.3. The lowest BCUT2D eigenvalue weighted by Crippen LogP contribution is -2.19. The van der Waals surface area contributed by atoms with Gasteiger partial charge in [-0.2, -0.15) is 18.3 Å². The number of alkyl halides is 3. The number of thioether (sulfide) groups is 1. The molecule has 0 aliphatic heterocycles. The quantitative estimate of drug-likeness (QED) is 0.608. The van der Waals surface area contributed by atoms with Gasteiger partial charge in [0.25, 0.3) is 0 Å². The summed E-state index contributed by atoms with van der Waals surface area (Å²) >= 11 is 1.45. The van der Waals surface area contributed by atoms with Crippen LogP contribution >= 0.6 is 11.8 Å². The van der Waals surface area contributed by atoms with Crippen molar-refractivity contribution in [1.29, 1.82) is 0 Å². The second kappa shape index (κ2) is 8.71. The van der Waals surface area contributed by atoms with Gasteiger partial charge in [0, 0.05) is 5.75 Å². The molecule has 1 amide bonds. The van der Waals surface area contributed by atoms with Crippen molar-refractivity contribution in [1.82, 2.24) is 5.43 Å². The predicted octanol–water partition coefficient (Wildman–Crippen LogP) is 4.40. The molecule has 0 saturated carbocycles. The summed E-state index contributed by atoms with van der Waals surface area (Å²) in [5.41, 5.74) is 4.16. The Labute approximate surface area is 148 Å². The number of carbonyl (C=O) groups excluding carboxylic acids is 1. The van der Waals surface area contributed by atoms with Crippen LogP contribution in [0.25, 0.3) is 0 Å². The number of hydrogen-bond acceptors (Lipinski definition) is 3. The summed E-state index contributed by atoms with van der Waals surface area (Å²) < 4.78 is 37.8. The van der Waals surface area contributed by atoms with Gasteiger partial charge in [-0.25, -0.2) is 5.43 Å². The predicted molar refractivity (Wildman–Crippen MR) is 94.5 cm³/mol. The number of halogens is 3. The molecule has 0 atom stereocenters. The van der Waals surface area contributed by atoms with Gasteiger partial charge in [-0.15, -0.1) is 11.8 Å². The van der Waals surface area contributed by atoms with Crippen LogP contribution in [0.4, 0.5) is 13.2 Å². The van der Waals surface area contributed by atoms with Crippen molar-refractivity contribution in [2.24, 2.45) is 5.10 Å². The van der Waals surface area contributed by atoms with Crippen LogP contribution < -0.4 is 5.43 Å². The van der Waals surface area contributed by atoms with Crippen molar-refractivity contribution in [2.45, 2.75) is 18.9 Å². The summed E-state index contributed by atoms with van der Waals surface area (Å²) in [6.07, 6.45) is -3.21. The van der Waals surface area contributed by atoms with Crippen molar-refractivity contribution in [3.05, 3.63) is 70.8 Å². The molecule has 0 spiro atoms. The molecule has 7 heteroatoms. The van der Waals surface area contributed by atoms with Crippen molar-refractivity contribution in [3.63, 3.8) is 0 Å². The summed E-state index contributed by atoms with van der Waals surface area (Å²) in [5.74, 6) is 0.618. The molecule has 2 rings (SSSR count). The Morgan fingerprint density at radius 2 is 1.96 bits per heavy atom. The number of carbonyl (C=O) groups is 1. The molecule has 0 aliphatic carbocycles. The molecule has 2 aromatic carbocycles. The van der Waals surface area contributed by atoms with E-state index in [9.17, 15) is 18.0 Å². The highest BCUT2D eigenvalue weighted by Gasteiger charge is 2.30. The van der Waals surface area contributed by atoms with E-state index in [2.05, 4.69) is 10.5 Å². The molecule has 0 aromatic heterocycles. The standard InChI is InChI=1S/C18H17F3N2OS/c1-13-5-2-3-7-15(13)11-25-12-17(24)23-22-10-14-6-4-8-16(9-14)18(19,20)21/h2-10H,11-12H2,1H3,(H,23,24)/b22-10-. The summed E-state index contributed by atoms with van der Waals surface area (Å²) in [5, 5.41) is 3.70. The van der Waals surface area contributed by atoms with E-state index in [0.29, 0.717) is 5.75 Å². The number of rotatable bonds is 6. The van der Waals surface area contributed by atoms with E-state index in [1.165, 1.54) is 30.1 Å². The maximum absolute atomic E-state index is 12.6. The minimum Gasteiger partial charge on any atom is -0.272 e. The molecule has 0 aliphatic rings. The zero-order valence-electron chi connectivity index (χ0n) is 13.5. The molecule has 3 nitrogen and oxygen atoms in total. The van der Waals surface area contributed by atoms with Crippen molar-refractivity contribution >= 4 is 23.9 Å². The van der Waals surface area contributed by atoms with Gasteiger partial charge in [-0.05, 0) is 35.7 Å². The van der Waals surface area contributed by atoms with Gasteiger partial charge in [0.2, 0.25) is 5.91 Å². The normalized spacial score (nSPS) is 11.7. The highest BCUT2D eigenvalue weighted by atomic mass is 32.2. The molecule has 0 saturated heterocycles. The number of aryl methyl sites for hydroxylation is 1. The third kappa shape index (κ3) is 6.26. The number of amides is 1. The number of benzene rings is 2. The van der Waals surface area contributed by atoms with Gasteiger partial charge in [0.1, 0.15) is 0 Å². The molecule has 0 radical (unpaired) electrons. The SMILES string of the molecule is Cc1ccccc1CSCC(=O)N/N=C\c1cccc(C(F)(F)F)c1. The third-order valence-corrected chi connectivity index (χ3v) is 4.35. The molecule has 132 valence electrons. The van der Waals surface area contributed by atoms with Crippen molar-refractivity contribution in [2.75, 3.05) is 5.75 Å². The minimum atomic E-state index is -4.40. The first-order valence-corrected chi connectivity index (χ1v) is 8.63. The highest BCUT2D eigenvalue weighted by Crippen LogP contribution is 2.29. The number of hydrogen-bond donors (Lipinski definition) is 1. The molecule has 0 bridgehead atoms. The third-order valence-electron chi connectivity index (χ3n) is 3.37. The fourth-order valence-electron chi connectivity index (χ4n) is 2.03. The molecular weight excluding hydrogens is 349 g/mol. The Kier molecular flexibility index (Phi) is 6.64. The van der Waals surface area contributed by atoms with Crippen molar-refractivity contribution in [3.8, 4) is 0 Å². The first-order chi connectivity index (χ1) is 11.9. The van der Waals surface area contributed by atoms with E-state index < -0.39 is 11.7 Å². The van der Waals surface area contributed by atoms with Gasteiger partial charge >= 0.3 is 6.18 Å². The first kappa shape index (κ1) is 19.1. The molecule has 0 heterocycles. The second-order valence-corrected chi connectivity index (χ2v) is 6.32. The van der Waals surface area contributed by atoms with Gasteiger partial charge in [-0.3, -0.25) is 4.79 Å². The lowest BCUT2D eigenvalue weighted by molar-refractivity contribution is -0.137. The zero-order chi connectivity index (χ0) is 18.3. The van der Waals surface area contributed by atoms with Crippen molar-refractivity contribution < 1.29 is 18.0 Å². The fraction of sp³-hybridized carbons (Fsp3) is 0.222. The van der Waals surface area contributed by atoms with Crippen LogP contribution in [-0.4, -0.2) is 17.9 Å². The molecule has 25 heavy (non-hydrogen) atoms. The van der Waals surface area contributed by atoms with Crippen LogP contribution in [0.1, 0.15) is 22.3 Å². The maximum atomic E-state index is 12.6. The lowest BCUT2D eigenvalue weighted by Gasteiger charge is -2.06. The van der Waals surface area contributed by atoms with Crippen LogP contribution in [0.3, 0.4) is 0 Å². The smallest absolute Gasteiger partial charge is 0.272 e. The Morgan fingerprint density at radius 1 is 1.20 bits per heavy atom. The van der Waals surface area contributed by atoms with Crippen LogP contribution in [0.15, 0.2) is 53.6 Å². The van der Waals surface area contributed by atoms with Gasteiger partial charge in [0.05, 0.1) is 17.5 Å². The van der Waals surface area contributed by atoms with Gasteiger partial charge < -0.3 is 0 Å². The summed E-state index contributed by atoms with van der Waals surface area (Å²) in [6, 6.07) is 12.7. The van der Waals surface area contributed by atoms with Gasteiger partial charge in [0.15, 0.2) is 0 Å². The fourth-order valence-corrected chi connectivity index (χ4v) is 2.93. The average Bonchev–Trinajstić information content (AvgIpc) is 2.56. The molecule has 1 N–H and O–H groups in total. The number of nitrogens with zero attached hydrogens (tertiary/aromatic N) is 1.